The third-order valence-electron chi connectivity index (χ3n) is 2.66. The summed E-state index contributed by atoms with van der Waals surface area (Å²) in [4.78, 5) is 13.3. The van der Waals surface area contributed by atoms with Crippen LogP contribution in [0.5, 0.6) is 0 Å². The lowest BCUT2D eigenvalue weighted by Crippen LogP contribution is -2.36. The van der Waals surface area contributed by atoms with Crippen LogP contribution in [0.2, 0.25) is 0 Å². The summed E-state index contributed by atoms with van der Waals surface area (Å²) < 4.78 is 26.5. The van der Waals surface area contributed by atoms with Crippen LogP contribution in [-0.2, 0) is 0 Å². The summed E-state index contributed by atoms with van der Waals surface area (Å²) in [6, 6.07) is 5.23. The number of hydrogen-bond donors (Lipinski definition) is 0. The van der Waals surface area contributed by atoms with Gasteiger partial charge in [0.2, 0.25) is 0 Å². The van der Waals surface area contributed by atoms with E-state index < -0.39 is 18.9 Å². The first kappa shape index (κ1) is 13.7. The number of amides is 1. The van der Waals surface area contributed by atoms with Gasteiger partial charge < -0.3 is 4.90 Å². The van der Waals surface area contributed by atoms with Gasteiger partial charge in [-0.3, -0.25) is 4.79 Å². The maximum Gasteiger partial charge on any atom is 0.257 e. The molecular weight excluding hydrogens is 276 g/mol. The summed E-state index contributed by atoms with van der Waals surface area (Å²) >= 11 is 5.54. The molecule has 0 bridgehead atoms. The summed E-state index contributed by atoms with van der Waals surface area (Å²) in [5.41, 5.74) is 0.882. The van der Waals surface area contributed by atoms with E-state index in [1.807, 2.05) is 0 Å². The van der Waals surface area contributed by atoms with Crippen molar-refractivity contribution in [2.24, 2.45) is 0 Å². The second-order valence-corrected chi connectivity index (χ2v) is 4.30. The molecule has 2 heterocycles. The van der Waals surface area contributed by atoms with Gasteiger partial charge in [-0.2, -0.15) is 5.10 Å². The largest absolute Gasteiger partial charge is 0.332 e. The molecule has 0 unspecified atom stereocenters. The number of rotatable bonds is 5. The summed E-state index contributed by atoms with van der Waals surface area (Å²) in [6.07, 6.45) is 0.476. The van der Waals surface area contributed by atoms with Crippen LogP contribution in [0.4, 0.5) is 8.78 Å². The molecule has 0 aromatic carbocycles. The van der Waals surface area contributed by atoms with Crippen LogP contribution in [0.25, 0.3) is 5.52 Å². The Morgan fingerprint density at radius 3 is 2.95 bits per heavy atom. The van der Waals surface area contributed by atoms with Gasteiger partial charge in [-0.1, -0.05) is 6.07 Å². The molecule has 1 amide bonds. The Balaban J connectivity index is 2.30. The Hall–Kier alpha value is -1.69. The van der Waals surface area contributed by atoms with Crippen LogP contribution in [0.3, 0.4) is 0 Å². The van der Waals surface area contributed by atoms with Crippen LogP contribution >= 0.6 is 11.6 Å². The number of nitrogens with zero attached hydrogens (tertiary/aromatic N) is 3. The average Bonchev–Trinajstić information content (AvgIpc) is 2.80. The number of carbonyl (C=O) groups is 1. The van der Waals surface area contributed by atoms with Crippen molar-refractivity contribution in [3.63, 3.8) is 0 Å². The summed E-state index contributed by atoms with van der Waals surface area (Å²) in [5, 5.41) is 4.01. The molecule has 7 heteroatoms. The molecule has 0 saturated carbocycles. The second kappa shape index (κ2) is 5.97. The third kappa shape index (κ3) is 3.01. The van der Waals surface area contributed by atoms with Crippen LogP contribution in [0, 0.1) is 0 Å². The number of alkyl halides is 3. The molecule has 0 fully saturated rings. The van der Waals surface area contributed by atoms with Gasteiger partial charge in [-0.25, -0.2) is 13.3 Å². The van der Waals surface area contributed by atoms with Crippen LogP contribution in [0.1, 0.15) is 10.4 Å². The van der Waals surface area contributed by atoms with E-state index in [1.54, 1.807) is 24.4 Å². The fourth-order valence-electron chi connectivity index (χ4n) is 1.81. The van der Waals surface area contributed by atoms with Gasteiger partial charge in [0.25, 0.3) is 12.3 Å². The molecule has 2 aromatic rings. The van der Waals surface area contributed by atoms with Crippen LogP contribution in [0.15, 0.2) is 30.6 Å². The molecule has 0 N–H and O–H groups in total. The topological polar surface area (TPSA) is 37.6 Å². The summed E-state index contributed by atoms with van der Waals surface area (Å²) in [6.45, 7) is -0.551. The molecule has 0 aliphatic carbocycles. The van der Waals surface area contributed by atoms with Gasteiger partial charge in [0.05, 0.1) is 23.8 Å². The number of carbonyl (C=O) groups excluding carboxylic acids is 1. The number of aromatic nitrogens is 2. The first-order chi connectivity index (χ1) is 9.13. The van der Waals surface area contributed by atoms with Crippen molar-refractivity contribution < 1.29 is 13.6 Å². The molecule has 0 aliphatic rings. The molecule has 0 radical (unpaired) electrons. The van der Waals surface area contributed by atoms with Gasteiger partial charge in [0.15, 0.2) is 0 Å². The van der Waals surface area contributed by atoms with E-state index in [0.717, 1.165) is 4.90 Å². The predicted octanol–water partition coefficient (Wildman–Crippen LogP) is 2.28. The zero-order valence-electron chi connectivity index (χ0n) is 9.97. The molecular formula is C12H12ClF2N3O. The summed E-state index contributed by atoms with van der Waals surface area (Å²) in [7, 11) is 0. The quantitative estimate of drug-likeness (QED) is 0.791. The van der Waals surface area contributed by atoms with E-state index in [2.05, 4.69) is 5.10 Å². The zero-order chi connectivity index (χ0) is 13.8. The minimum atomic E-state index is -2.59. The van der Waals surface area contributed by atoms with E-state index in [0.29, 0.717) is 11.1 Å². The maximum atomic E-state index is 12.5. The third-order valence-corrected chi connectivity index (χ3v) is 2.83. The van der Waals surface area contributed by atoms with Crippen LogP contribution < -0.4 is 0 Å². The van der Waals surface area contributed by atoms with Gasteiger partial charge >= 0.3 is 0 Å². The lowest BCUT2D eigenvalue weighted by atomic mass is 10.2. The molecule has 2 aromatic heterocycles. The van der Waals surface area contributed by atoms with E-state index in [9.17, 15) is 13.6 Å². The number of pyridine rings is 1. The van der Waals surface area contributed by atoms with Gasteiger partial charge in [0, 0.05) is 18.6 Å². The average molecular weight is 288 g/mol. The second-order valence-electron chi connectivity index (χ2n) is 3.92. The standard InChI is InChI=1S/C12H12ClF2N3O/c13-4-6-17(8-11(14)15)12(19)9-7-16-18-5-2-1-3-10(9)18/h1-3,5,7,11H,4,6,8H2. The van der Waals surface area contributed by atoms with Gasteiger partial charge in [0.1, 0.15) is 0 Å². The Kier molecular flexibility index (Phi) is 4.31. The normalized spacial score (nSPS) is 11.2. The van der Waals surface area contributed by atoms with Crippen LogP contribution in [-0.4, -0.2) is 45.8 Å². The fraction of sp³-hybridized carbons (Fsp3) is 0.333. The lowest BCUT2D eigenvalue weighted by Gasteiger charge is -2.20. The number of halogens is 3. The Morgan fingerprint density at radius 1 is 1.47 bits per heavy atom. The van der Waals surface area contributed by atoms with Crippen molar-refractivity contribution in [3.8, 4) is 0 Å². The molecule has 0 spiro atoms. The number of hydrogen-bond acceptors (Lipinski definition) is 2. The smallest absolute Gasteiger partial charge is 0.257 e. The Morgan fingerprint density at radius 2 is 2.26 bits per heavy atom. The first-order valence-corrected chi connectivity index (χ1v) is 6.22. The highest BCUT2D eigenvalue weighted by molar-refractivity contribution is 6.18. The molecule has 0 saturated heterocycles. The Bertz CT molecular complexity index is 573. The predicted molar refractivity (Wildman–Crippen MR) is 67.8 cm³/mol. The zero-order valence-corrected chi connectivity index (χ0v) is 10.7. The molecule has 2 rings (SSSR count). The SMILES string of the molecule is O=C(c1cnn2ccccc12)N(CCCl)CC(F)F. The van der Waals surface area contributed by atoms with Crippen molar-refractivity contribution in [1.82, 2.24) is 14.5 Å². The van der Waals surface area contributed by atoms with Crippen molar-refractivity contribution in [2.45, 2.75) is 6.43 Å². The van der Waals surface area contributed by atoms with E-state index >= 15 is 0 Å². The maximum absolute atomic E-state index is 12.5. The number of fused-ring (bicyclic) bond motifs is 1. The van der Waals surface area contributed by atoms with Gasteiger partial charge in [-0.15, -0.1) is 11.6 Å². The molecule has 0 atom stereocenters. The highest BCUT2D eigenvalue weighted by Gasteiger charge is 2.22. The van der Waals surface area contributed by atoms with Crippen molar-refractivity contribution in [2.75, 3.05) is 19.0 Å². The monoisotopic (exact) mass is 287 g/mol. The van der Waals surface area contributed by atoms with E-state index in [-0.39, 0.29) is 12.4 Å². The highest BCUT2D eigenvalue weighted by Crippen LogP contribution is 2.14. The minimum absolute atomic E-state index is 0.0783. The fourth-order valence-corrected chi connectivity index (χ4v) is 2.02. The Labute approximate surface area is 113 Å². The van der Waals surface area contributed by atoms with Gasteiger partial charge in [-0.05, 0) is 12.1 Å². The van der Waals surface area contributed by atoms with Crippen molar-refractivity contribution in [3.05, 3.63) is 36.2 Å². The highest BCUT2D eigenvalue weighted by atomic mass is 35.5. The lowest BCUT2D eigenvalue weighted by molar-refractivity contribution is 0.0572. The first-order valence-electron chi connectivity index (χ1n) is 5.69. The van der Waals surface area contributed by atoms with Crippen molar-refractivity contribution in [1.29, 1.82) is 0 Å². The molecule has 4 nitrogen and oxygen atoms in total. The molecule has 102 valence electrons. The van der Waals surface area contributed by atoms with E-state index in [4.69, 9.17) is 11.6 Å². The molecule has 19 heavy (non-hydrogen) atoms. The molecule has 0 aliphatic heterocycles. The minimum Gasteiger partial charge on any atom is -0.332 e. The summed E-state index contributed by atoms with van der Waals surface area (Å²) in [5.74, 6) is -0.375. The van der Waals surface area contributed by atoms with E-state index in [1.165, 1.54) is 10.7 Å². The van der Waals surface area contributed by atoms with Crippen molar-refractivity contribution >= 4 is 23.0 Å².